The number of likely N-dealkylation sites (tertiary alicyclic amines) is 2. The summed E-state index contributed by atoms with van der Waals surface area (Å²) < 4.78 is 0. The summed E-state index contributed by atoms with van der Waals surface area (Å²) in [7, 11) is 3.75. The molecular formula is C22H39N3O3. The Hall–Kier alpha value is -2.03. The van der Waals surface area contributed by atoms with Crippen LogP contribution in [0.15, 0.2) is 0 Å². The van der Waals surface area contributed by atoms with Crippen molar-refractivity contribution in [2.45, 2.75) is 59.8 Å². The highest BCUT2D eigenvalue weighted by molar-refractivity contribution is 5.81. The maximum atomic E-state index is 11.3. The molecule has 3 heterocycles. The van der Waals surface area contributed by atoms with Crippen LogP contribution in [0.2, 0.25) is 0 Å². The third-order valence-corrected chi connectivity index (χ3v) is 5.21. The Morgan fingerprint density at radius 3 is 1.82 bits per heavy atom. The Kier molecular flexibility index (Phi) is 13.0. The third kappa shape index (κ3) is 9.25. The monoisotopic (exact) mass is 393 g/mol. The van der Waals surface area contributed by atoms with Gasteiger partial charge in [-0.1, -0.05) is 20.8 Å². The molecule has 0 aromatic carbocycles. The Balaban J connectivity index is 0.000000373. The number of hydrogen-bond acceptors (Lipinski definition) is 3. The maximum Gasteiger partial charge on any atom is 0.225 e. The van der Waals surface area contributed by atoms with Crippen LogP contribution in [0.25, 0.3) is 0 Å². The first-order chi connectivity index (χ1) is 13.2. The van der Waals surface area contributed by atoms with Gasteiger partial charge in [0.1, 0.15) is 0 Å². The lowest BCUT2D eigenvalue weighted by molar-refractivity contribution is -0.131. The van der Waals surface area contributed by atoms with Crippen molar-refractivity contribution in [3.8, 4) is 12.3 Å². The molecule has 3 saturated heterocycles. The lowest BCUT2D eigenvalue weighted by atomic mass is 9.95. The molecule has 6 heteroatoms. The van der Waals surface area contributed by atoms with Crippen LogP contribution in [0.4, 0.5) is 0 Å². The van der Waals surface area contributed by atoms with E-state index in [-0.39, 0.29) is 5.91 Å². The van der Waals surface area contributed by atoms with E-state index in [1.165, 1.54) is 0 Å². The normalized spacial score (nSPS) is 23.1. The van der Waals surface area contributed by atoms with Crippen LogP contribution in [-0.4, -0.2) is 61.3 Å². The van der Waals surface area contributed by atoms with Crippen molar-refractivity contribution in [2.24, 2.45) is 17.8 Å². The summed E-state index contributed by atoms with van der Waals surface area (Å²) in [6.45, 7) is 10.7. The van der Waals surface area contributed by atoms with Gasteiger partial charge >= 0.3 is 0 Å². The average molecular weight is 394 g/mol. The molecule has 3 aliphatic rings. The van der Waals surface area contributed by atoms with Crippen LogP contribution in [-0.2, 0) is 14.4 Å². The molecule has 0 aliphatic carbocycles. The van der Waals surface area contributed by atoms with E-state index >= 15 is 0 Å². The minimum Gasteiger partial charge on any atom is -0.356 e. The molecule has 28 heavy (non-hydrogen) atoms. The molecule has 0 bridgehead atoms. The summed E-state index contributed by atoms with van der Waals surface area (Å²) >= 11 is 0. The maximum absolute atomic E-state index is 11.3. The highest BCUT2D eigenvalue weighted by atomic mass is 16.2. The van der Waals surface area contributed by atoms with Crippen molar-refractivity contribution in [2.75, 3.05) is 33.7 Å². The molecule has 0 aromatic heterocycles. The lowest BCUT2D eigenvalue weighted by Crippen LogP contribution is -2.24. The summed E-state index contributed by atoms with van der Waals surface area (Å²) in [4.78, 5) is 36.1. The van der Waals surface area contributed by atoms with Crippen molar-refractivity contribution in [1.82, 2.24) is 15.1 Å². The second-order valence-corrected chi connectivity index (χ2v) is 7.79. The standard InChI is InChI=1S/C8H15NO.C7H13NO.C4H7NO.C3H4/c1-6(2)7-4-5-9(3)8(7)10;1-3-6-4-5-8(2)7(6)9;6-4-2-1-3-5-4;1-3-2/h6-7H,4-5H2,1-3H3;6H,3-5H2,1-2H3;1-3H2,(H,5,6);1H,2H3. The van der Waals surface area contributed by atoms with Gasteiger partial charge in [-0.25, -0.2) is 0 Å². The molecule has 2 unspecified atom stereocenters. The van der Waals surface area contributed by atoms with E-state index in [9.17, 15) is 14.4 Å². The SMILES string of the molecule is C#CC.CC(C)C1CCN(C)C1=O.CCC1CCN(C)C1=O.O=C1CCCN1. The number of nitrogens with zero attached hydrogens (tertiary/aromatic N) is 2. The molecule has 3 fully saturated rings. The molecule has 0 aromatic rings. The van der Waals surface area contributed by atoms with Crippen molar-refractivity contribution < 1.29 is 14.4 Å². The third-order valence-electron chi connectivity index (χ3n) is 5.21. The highest BCUT2D eigenvalue weighted by Crippen LogP contribution is 2.23. The molecule has 3 rings (SSSR count). The van der Waals surface area contributed by atoms with Crippen molar-refractivity contribution in [3.63, 3.8) is 0 Å². The quantitative estimate of drug-likeness (QED) is 0.733. The molecule has 0 radical (unpaired) electrons. The number of carbonyl (C=O) groups excluding carboxylic acids is 3. The van der Waals surface area contributed by atoms with Gasteiger partial charge in [-0.15, -0.1) is 12.3 Å². The smallest absolute Gasteiger partial charge is 0.225 e. The first kappa shape index (κ1) is 26.0. The fourth-order valence-corrected chi connectivity index (χ4v) is 3.31. The van der Waals surface area contributed by atoms with E-state index in [0.717, 1.165) is 51.7 Å². The predicted octanol–water partition coefficient (Wildman–Crippen LogP) is 2.53. The number of rotatable bonds is 2. The number of nitrogens with one attached hydrogen (secondary N) is 1. The molecule has 3 aliphatic heterocycles. The van der Waals surface area contributed by atoms with Crippen LogP contribution < -0.4 is 5.32 Å². The highest BCUT2D eigenvalue weighted by Gasteiger charge is 2.30. The van der Waals surface area contributed by atoms with Crippen molar-refractivity contribution in [3.05, 3.63) is 0 Å². The Bertz CT molecular complexity index is 532. The lowest BCUT2D eigenvalue weighted by Gasteiger charge is -2.12. The number of carbonyl (C=O) groups is 3. The van der Waals surface area contributed by atoms with Crippen LogP contribution in [0.3, 0.4) is 0 Å². The first-order valence-corrected chi connectivity index (χ1v) is 10.3. The van der Waals surface area contributed by atoms with Gasteiger partial charge in [0.15, 0.2) is 0 Å². The van der Waals surface area contributed by atoms with Gasteiger partial charge in [-0.05, 0) is 38.5 Å². The Morgan fingerprint density at radius 2 is 1.64 bits per heavy atom. The topological polar surface area (TPSA) is 69.7 Å². The average Bonchev–Trinajstić information content (AvgIpc) is 3.34. The number of terminal acetylenes is 1. The molecule has 3 amide bonds. The van der Waals surface area contributed by atoms with E-state index in [1.807, 2.05) is 23.9 Å². The Labute approximate surface area is 171 Å². The number of amides is 3. The van der Waals surface area contributed by atoms with Crippen LogP contribution in [0, 0.1) is 30.1 Å². The Morgan fingerprint density at radius 1 is 1.11 bits per heavy atom. The van der Waals surface area contributed by atoms with E-state index < -0.39 is 0 Å². The van der Waals surface area contributed by atoms with Crippen molar-refractivity contribution >= 4 is 17.7 Å². The van der Waals surface area contributed by atoms with Crippen LogP contribution in [0.5, 0.6) is 0 Å². The summed E-state index contributed by atoms with van der Waals surface area (Å²) in [6, 6.07) is 0. The van der Waals surface area contributed by atoms with E-state index in [2.05, 4.69) is 38.4 Å². The molecular weight excluding hydrogens is 354 g/mol. The van der Waals surface area contributed by atoms with Crippen molar-refractivity contribution in [1.29, 1.82) is 0 Å². The summed E-state index contributed by atoms with van der Waals surface area (Å²) in [6.07, 6.45) is 9.47. The van der Waals surface area contributed by atoms with Gasteiger partial charge in [0.05, 0.1) is 0 Å². The molecule has 160 valence electrons. The van der Waals surface area contributed by atoms with Crippen LogP contribution in [0.1, 0.15) is 59.8 Å². The van der Waals surface area contributed by atoms with Gasteiger partial charge in [-0.2, -0.15) is 0 Å². The van der Waals surface area contributed by atoms with E-state index in [1.54, 1.807) is 6.92 Å². The zero-order chi connectivity index (χ0) is 21.7. The summed E-state index contributed by atoms with van der Waals surface area (Å²) in [5, 5.41) is 2.68. The van der Waals surface area contributed by atoms with Gasteiger partial charge in [0.25, 0.3) is 0 Å². The van der Waals surface area contributed by atoms with Gasteiger partial charge < -0.3 is 15.1 Å². The fourth-order valence-electron chi connectivity index (χ4n) is 3.31. The minimum atomic E-state index is 0.204. The first-order valence-electron chi connectivity index (χ1n) is 10.3. The van der Waals surface area contributed by atoms with Gasteiger partial charge in [-0.3, -0.25) is 14.4 Å². The van der Waals surface area contributed by atoms with Gasteiger partial charge in [0, 0.05) is 52.0 Å². The summed E-state index contributed by atoms with van der Waals surface area (Å²) in [5.74, 6) is 4.25. The second-order valence-electron chi connectivity index (χ2n) is 7.79. The molecule has 0 saturated carbocycles. The zero-order valence-corrected chi connectivity index (χ0v) is 18.6. The fraction of sp³-hybridized carbons (Fsp3) is 0.773. The largest absolute Gasteiger partial charge is 0.356 e. The molecule has 2 atom stereocenters. The molecule has 1 N–H and O–H groups in total. The number of hydrogen-bond donors (Lipinski definition) is 1. The van der Waals surface area contributed by atoms with Crippen LogP contribution >= 0.6 is 0 Å². The van der Waals surface area contributed by atoms with E-state index in [4.69, 9.17) is 0 Å². The summed E-state index contributed by atoms with van der Waals surface area (Å²) in [5.41, 5.74) is 0. The zero-order valence-electron chi connectivity index (χ0n) is 18.6. The minimum absolute atomic E-state index is 0.204. The van der Waals surface area contributed by atoms with Gasteiger partial charge in [0.2, 0.25) is 17.7 Å². The van der Waals surface area contributed by atoms with E-state index in [0.29, 0.717) is 29.6 Å². The molecule has 6 nitrogen and oxygen atoms in total. The second kappa shape index (κ2) is 14.0. The predicted molar refractivity (Wildman–Crippen MR) is 113 cm³/mol. The molecule has 0 spiro atoms.